The molecule has 2 fully saturated rings. The zero-order valence-corrected chi connectivity index (χ0v) is 23.7. The number of rotatable bonds is 12. The van der Waals surface area contributed by atoms with Crippen molar-refractivity contribution in [3.63, 3.8) is 0 Å². The van der Waals surface area contributed by atoms with Gasteiger partial charge in [-0.25, -0.2) is 0 Å². The third kappa shape index (κ3) is 5.12. The normalized spacial score (nSPS) is 33.0. The largest absolute Gasteiger partial charge is 0.396 e. The van der Waals surface area contributed by atoms with Crippen molar-refractivity contribution >= 4 is 29.5 Å². The molecule has 3 amide bonds. The minimum Gasteiger partial charge on any atom is -0.396 e. The van der Waals surface area contributed by atoms with Gasteiger partial charge in [0.15, 0.2) is 0 Å². The summed E-state index contributed by atoms with van der Waals surface area (Å²) in [5.74, 6) is -0.995. The second kappa shape index (κ2) is 11.9. The number of likely N-dealkylation sites (tertiary alicyclic amines) is 1. The van der Waals surface area contributed by atoms with Gasteiger partial charge in [0.2, 0.25) is 17.7 Å². The van der Waals surface area contributed by atoms with Crippen LogP contribution in [0.5, 0.6) is 0 Å². The number of hydrogen-bond donors (Lipinski definition) is 1. The second-order valence-corrected chi connectivity index (χ2v) is 13.0. The molecular formula is C29H45N3O4S. The predicted octanol–water partition coefficient (Wildman–Crippen LogP) is 3.62. The fourth-order valence-electron chi connectivity index (χ4n) is 6.83. The molecule has 0 radical (unpaired) electrons. The van der Waals surface area contributed by atoms with E-state index in [1.54, 1.807) is 11.8 Å². The molecule has 1 spiro atoms. The van der Waals surface area contributed by atoms with E-state index in [2.05, 4.69) is 45.1 Å². The van der Waals surface area contributed by atoms with E-state index in [1.165, 1.54) is 0 Å². The molecule has 8 heteroatoms. The highest BCUT2D eigenvalue weighted by Crippen LogP contribution is 2.65. The Morgan fingerprint density at radius 1 is 0.811 bits per heavy atom. The number of hydrogen-bond acceptors (Lipinski definition) is 5. The van der Waals surface area contributed by atoms with Crippen LogP contribution in [0.3, 0.4) is 0 Å². The van der Waals surface area contributed by atoms with Crippen LogP contribution in [0, 0.1) is 11.8 Å². The maximum atomic E-state index is 14.3. The number of unbranched alkanes of at least 4 members (excludes halogenated alkanes) is 5. The van der Waals surface area contributed by atoms with Crippen molar-refractivity contribution in [1.29, 1.82) is 0 Å². The summed E-state index contributed by atoms with van der Waals surface area (Å²) < 4.78 is -1.28. The van der Waals surface area contributed by atoms with Crippen LogP contribution in [0.2, 0.25) is 0 Å². The van der Waals surface area contributed by atoms with Crippen LogP contribution >= 0.6 is 11.8 Å². The molecule has 37 heavy (non-hydrogen) atoms. The SMILES string of the molecule is CCCCCN1CC=C[C@]23S[C@@]4(C)C=CCN(CCC)C(=O)[C@H]4[C@H]2C(=O)N(CCCCCCO)C3C1=O. The lowest BCUT2D eigenvalue weighted by atomic mass is 9.74. The molecule has 2 saturated heterocycles. The smallest absolute Gasteiger partial charge is 0.247 e. The van der Waals surface area contributed by atoms with Gasteiger partial charge in [0.05, 0.1) is 16.6 Å². The Labute approximate surface area is 226 Å². The van der Waals surface area contributed by atoms with E-state index < -0.39 is 27.4 Å². The Morgan fingerprint density at radius 2 is 1.49 bits per heavy atom. The number of fused-ring (bicyclic) bond motifs is 2. The lowest BCUT2D eigenvalue weighted by Crippen LogP contribution is -2.53. The van der Waals surface area contributed by atoms with Gasteiger partial charge >= 0.3 is 0 Å². The van der Waals surface area contributed by atoms with Crippen LogP contribution in [0.1, 0.15) is 72.1 Å². The summed E-state index contributed by atoms with van der Waals surface area (Å²) in [5.41, 5.74) is 0. The molecule has 0 aromatic carbocycles. The molecule has 0 aliphatic carbocycles. The standard InChI is InChI=1S/C29H45N3O4S/c1-4-6-9-17-31-19-13-15-29-23(22-25(34)30(16-5-2)18-12-14-28(22,3)37-29)26(35)32(24(29)27(31)36)20-10-7-8-11-21-33/h12-15,22-24,33H,4-11,16-21H2,1-3H3/t22-,23+,24?,28+,29+/m1/s1. The maximum absolute atomic E-state index is 14.3. The Balaban J connectivity index is 1.71. The molecule has 4 aliphatic heterocycles. The number of thioether (sulfide) groups is 1. The van der Waals surface area contributed by atoms with E-state index in [9.17, 15) is 14.4 Å². The molecule has 4 aliphatic rings. The number of nitrogens with zero attached hydrogens (tertiary/aromatic N) is 3. The maximum Gasteiger partial charge on any atom is 0.247 e. The number of aliphatic hydroxyl groups is 1. The molecule has 0 aromatic rings. The number of amides is 3. The Kier molecular flexibility index (Phi) is 9.10. The van der Waals surface area contributed by atoms with Gasteiger partial charge in [-0.2, -0.15) is 0 Å². The molecule has 5 atom stereocenters. The lowest BCUT2D eigenvalue weighted by Gasteiger charge is -2.37. The highest BCUT2D eigenvalue weighted by atomic mass is 32.2. The van der Waals surface area contributed by atoms with Crippen LogP contribution in [0.4, 0.5) is 0 Å². The van der Waals surface area contributed by atoms with Gasteiger partial charge < -0.3 is 19.8 Å². The fraction of sp³-hybridized carbons (Fsp3) is 0.759. The molecule has 1 N–H and O–H groups in total. The Hall–Kier alpha value is -1.80. The monoisotopic (exact) mass is 531 g/mol. The minimum absolute atomic E-state index is 0.0294. The molecule has 0 bridgehead atoms. The molecule has 4 heterocycles. The molecule has 7 nitrogen and oxygen atoms in total. The zero-order valence-electron chi connectivity index (χ0n) is 22.9. The Morgan fingerprint density at radius 3 is 2.19 bits per heavy atom. The highest BCUT2D eigenvalue weighted by Gasteiger charge is 2.73. The van der Waals surface area contributed by atoms with Gasteiger partial charge in [0.25, 0.3) is 0 Å². The lowest BCUT2D eigenvalue weighted by molar-refractivity contribution is -0.145. The van der Waals surface area contributed by atoms with Crippen LogP contribution < -0.4 is 0 Å². The van der Waals surface area contributed by atoms with Crippen molar-refractivity contribution in [3.8, 4) is 0 Å². The summed E-state index contributed by atoms with van der Waals surface area (Å²) in [4.78, 5) is 48.1. The highest BCUT2D eigenvalue weighted by molar-refractivity contribution is 8.02. The Bertz CT molecular complexity index is 923. The van der Waals surface area contributed by atoms with E-state index in [0.717, 1.165) is 51.4 Å². The van der Waals surface area contributed by atoms with Gasteiger partial charge in [-0.3, -0.25) is 14.4 Å². The average Bonchev–Trinajstić information content (AvgIpc) is 3.14. The van der Waals surface area contributed by atoms with Crippen molar-refractivity contribution < 1.29 is 19.5 Å². The molecular weight excluding hydrogens is 486 g/mol. The molecule has 1 unspecified atom stereocenters. The van der Waals surface area contributed by atoms with E-state index in [1.807, 2.05) is 14.7 Å². The summed E-state index contributed by atoms with van der Waals surface area (Å²) in [6.45, 7) is 9.50. The van der Waals surface area contributed by atoms with Crippen LogP contribution in [0.25, 0.3) is 0 Å². The van der Waals surface area contributed by atoms with Gasteiger partial charge in [0, 0.05) is 44.1 Å². The van der Waals surface area contributed by atoms with Crippen molar-refractivity contribution in [2.45, 2.75) is 87.7 Å². The van der Waals surface area contributed by atoms with E-state index in [-0.39, 0.29) is 24.3 Å². The second-order valence-electron chi connectivity index (χ2n) is 11.2. The minimum atomic E-state index is -0.743. The topological polar surface area (TPSA) is 81.2 Å². The molecule has 206 valence electrons. The predicted molar refractivity (Wildman–Crippen MR) is 148 cm³/mol. The molecule has 4 rings (SSSR count). The summed E-state index contributed by atoms with van der Waals surface area (Å²) in [6, 6.07) is -0.585. The van der Waals surface area contributed by atoms with E-state index >= 15 is 0 Å². The van der Waals surface area contributed by atoms with E-state index in [4.69, 9.17) is 5.11 Å². The number of carbonyl (C=O) groups is 3. The van der Waals surface area contributed by atoms with Crippen molar-refractivity contribution in [3.05, 3.63) is 24.3 Å². The van der Waals surface area contributed by atoms with Crippen LogP contribution in [-0.2, 0) is 14.4 Å². The van der Waals surface area contributed by atoms with Crippen molar-refractivity contribution in [2.24, 2.45) is 11.8 Å². The molecule has 0 aromatic heterocycles. The van der Waals surface area contributed by atoms with Crippen molar-refractivity contribution in [2.75, 3.05) is 39.3 Å². The number of carbonyl (C=O) groups excluding carboxylic acids is 3. The third-order valence-corrected chi connectivity index (χ3v) is 10.4. The quantitative estimate of drug-likeness (QED) is 0.307. The average molecular weight is 532 g/mol. The summed E-state index contributed by atoms with van der Waals surface area (Å²) in [6.07, 6.45) is 15.7. The first kappa shape index (κ1) is 28.2. The summed E-state index contributed by atoms with van der Waals surface area (Å²) in [7, 11) is 0. The van der Waals surface area contributed by atoms with Gasteiger partial charge in [0.1, 0.15) is 6.04 Å². The summed E-state index contributed by atoms with van der Waals surface area (Å²) >= 11 is 1.67. The third-order valence-electron chi connectivity index (χ3n) is 8.56. The van der Waals surface area contributed by atoms with Gasteiger partial charge in [-0.1, -0.05) is 63.8 Å². The van der Waals surface area contributed by atoms with Gasteiger partial charge in [-0.15, -0.1) is 11.8 Å². The first-order valence-corrected chi connectivity index (χ1v) is 15.2. The van der Waals surface area contributed by atoms with Gasteiger partial charge in [-0.05, 0) is 32.6 Å². The van der Waals surface area contributed by atoms with E-state index in [0.29, 0.717) is 32.7 Å². The first-order chi connectivity index (χ1) is 17.8. The fourth-order valence-corrected chi connectivity index (χ4v) is 8.99. The van der Waals surface area contributed by atoms with Crippen molar-refractivity contribution in [1.82, 2.24) is 14.7 Å². The first-order valence-electron chi connectivity index (χ1n) is 14.4. The molecule has 0 saturated carbocycles. The summed E-state index contributed by atoms with van der Waals surface area (Å²) in [5, 5.41) is 9.14. The van der Waals surface area contributed by atoms with Crippen LogP contribution in [-0.4, -0.2) is 92.4 Å². The number of aliphatic hydroxyl groups excluding tert-OH is 1. The zero-order chi connectivity index (χ0) is 26.6. The van der Waals surface area contributed by atoms with Crippen LogP contribution in [0.15, 0.2) is 24.3 Å².